The predicted octanol–water partition coefficient (Wildman–Crippen LogP) is 22.4. The van der Waals surface area contributed by atoms with E-state index in [9.17, 15) is 89.5 Å². The quantitative estimate of drug-likeness (QED) is 0.0145. The molecule has 0 heterocycles. The smallest absolute Gasteiger partial charge is 0.426 e. The van der Waals surface area contributed by atoms with Crippen molar-refractivity contribution in [2.45, 2.75) is 62.5 Å². The van der Waals surface area contributed by atoms with Gasteiger partial charge in [-0.15, -0.1) is 3.89 Å². The Hall–Kier alpha value is -5.36. The van der Waals surface area contributed by atoms with E-state index < -0.39 is 120 Å². The van der Waals surface area contributed by atoms with E-state index in [1.807, 2.05) is 167 Å². The van der Waals surface area contributed by atoms with E-state index in [0.29, 0.717) is 17.8 Å². The molecule has 0 radical (unpaired) electrons. The van der Waals surface area contributed by atoms with Crippen molar-refractivity contribution in [1.82, 2.24) is 0 Å². The molecule has 0 bridgehead atoms. The van der Waals surface area contributed by atoms with Crippen molar-refractivity contribution < 1.29 is 117 Å². The molecule has 1 atom stereocenters. The predicted molar refractivity (Wildman–Crippen MR) is 511 cm³/mol. The lowest BCUT2D eigenvalue weighted by molar-refractivity contribution is -0.197. The van der Waals surface area contributed by atoms with Gasteiger partial charge in [-0.05, 0) is 351 Å². The topological polar surface area (TPSA) is 291 Å². The zero-order valence-corrected chi connectivity index (χ0v) is 83.7. The van der Waals surface area contributed by atoms with Crippen molar-refractivity contribution in [3.63, 3.8) is 0 Å². The minimum Gasteiger partial charge on any atom is -0.748 e. The van der Waals surface area contributed by atoms with Gasteiger partial charge in [-0.1, -0.05) is 115 Å². The summed E-state index contributed by atoms with van der Waals surface area (Å²) in [6.07, 6.45) is -12.7. The van der Waals surface area contributed by atoms with Gasteiger partial charge in [0, 0.05) is 20.3 Å². The molecule has 0 aliphatic rings. The number of hydrogen-bond acceptors (Lipinski definition) is 17. The van der Waals surface area contributed by atoms with E-state index in [-0.39, 0.29) is 42.5 Å². The highest BCUT2D eigenvalue weighted by Crippen LogP contribution is 2.39. The molecule has 0 amide bonds. The van der Waals surface area contributed by atoms with Gasteiger partial charge in [0.1, 0.15) is 35.1 Å². The van der Waals surface area contributed by atoms with Crippen molar-refractivity contribution >= 4 is 262 Å². The summed E-state index contributed by atoms with van der Waals surface area (Å²) in [6, 6.07) is 92.0. The number of hydrogen-bond donors (Lipinski definition) is 2. The van der Waals surface area contributed by atoms with Crippen LogP contribution in [0.4, 0.5) is 39.0 Å². The molecule has 1 unspecified atom stereocenters. The molecule has 0 aliphatic carbocycles. The zero-order chi connectivity index (χ0) is 90.3. The second-order valence-corrected chi connectivity index (χ2v) is 43.0. The van der Waals surface area contributed by atoms with Crippen LogP contribution < -0.4 is 4.74 Å². The van der Waals surface area contributed by atoms with Crippen LogP contribution in [0.2, 0.25) is 0 Å². The first-order valence-corrected chi connectivity index (χ1v) is 50.5. The summed E-state index contributed by atoms with van der Waals surface area (Å²) >= 11 is 15.8. The van der Waals surface area contributed by atoms with Crippen LogP contribution in [0.5, 0.6) is 17.2 Å². The first-order valence-electron chi connectivity index (χ1n) is 33.8. The normalized spacial score (nSPS) is 11.5. The molecule has 644 valence electrons. The average molecular weight is 2690 g/mol. The van der Waals surface area contributed by atoms with Crippen LogP contribution in [0.15, 0.2) is 335 Å². The summed E-state index contributed by atoms with van der Waals surface area (Å²) in [7, 11) is -15.9. The van der Waals surface area contributed by atoms with Crippen molar-refractivity contribution in [3.05, 3.63) is 342 Å². The third-order valence-electron chi connectivity index (χ3n) is 14.7. The van der Waals surface area contributed by atoms with Crippen molar-refractivity contribution in [2.24, 2.45) is 0 Å². The van der Waals surface area contributed by atoms with E-state index in [1.165, 1.54) is 64.4 Å². The number of benzene rings is 12. The largest absolute Gasteiger partial charge is 0.748 e. The highest BCUT2D eigenvalue weighted by Gasteiger charge is 2.45. The lowest BCUT2D eigenvalue weighted by atomic mass is 10.2. The Morgan fingerprint density at radius 1 is 0.402 bits per heavy atom. The van der Waals surface area contributed by atoms with E-state index in [1.54, 1.807) is 57.3 Å². The van der Waals surface area contributed by atoms with E-state index >= 15 is 0 Å². The van der Waals surface area contributed by atoms with Crippen LogP contribution in [0.1, 0.15) is 26.3 Å². The first-order chi connectivity index (χ1) is 57.3. The summed E-state index contributed by atoms with van der Waals surface area (Å²) in [5.41, 5.74) is -1.23. The summed E-state index contributed by atoms with van der Waals surface area (Å²) in [5, 5.41) is 19.3. The molecule has 0 aliphatic heterocycles. The van der Waals surface area contributed by atoms with E-state index in [2.05, 4.69) is 209 Å². The molecule has 40 heteroatoms. The van der Waals surface area contributed by atoms with Gasteiger partial charge < -0.3 is 38.1 Å². The van der Waals surface area contributed by atoms with Crippen LogP contribution in [0.25, 0.3) is 0 Å². The molecule has 0 fully saturated rings. The monoisotopic (exact) mass is 2690 g/mol. The Labute approximate surface area is 814 Å². The number of halogens is 17. The molecule has 12 rings (SSSR count). The van der Waals surface area contributed by atoms with Gasteiger partial charge in [-0.25, -0.2) is 48.4 Å². The number of carbonyl (C=O) groups excluding carboxylic acids is 3. The van der Waals surface area contributed by atoms with Gasteiger partial charge in [0.05, 0.1) is 84.3 Å². The minimum atomic E-state index is -5.42. The molecule has 17 nitrogen and oxygen atoms in total. The maximum absolute atomic E-state index is 13.2. The summed E-state index contributed by atoms with van der Waals surface area (Å²) < 4.78 is 219. The Balaban J connectivity index is 0.000000225. The van der Waals surface area contributed by atoms with Gasteiger partial charge in [-0.2, -0.15) is 26.3 Å². The van der Waals surface area contributed by atoms with Crippen LogP contribution >= 0.6 is 181 Å². The first kappa shape index (κ1) is 105. The van der Waals surface area contributed by atoms with Crippen molar-refractivity contribution in [1.29, 1.82) is 0 Å². The minimum absolute atomic E-state index is 0.0262. The fourth-order valence-electron chi connectivity index (χ4n) is 9.60. The number of esters is 3. The van der Waals surface area contributed by atoms with Gasteiger partial charge in [0.15, 0.2) is 56.5 Å². The molecule has 0 spiro atoms. The average Bonchev–Trinajstić information content (AvgIpc) is 0.834. The summed E-state index contributed by atoms with van der Waals surface area (Å²) in [5.74, 6) is -6.63. The maximum atomic E-state index is 13.2. The second-order valence-electron chi connectivity index (χ2n) is 23.6. The number of carbonyl (C=O) groups is 3. The molecule has 2 N–H and O–H groups in total. The molecular weight excluding hydrogens is 2640 g/mol. The SMILES string of the molecule is FC(F)(F)c1cccc([S+](c2ccccc2)c2ccccc2)c1.Fc1ccc([S+](c2ccccc2)c2ccccc2)cc1.Ic1ccc([S+](c2ccccc2)c2ccccc2)cc1.O=C(CF)Oc1c(I)cc(I)cc1I.O=C(OC(CS(=O)(=O)[O-])C(F)(F)F)c1cc(I)cc(I)c1O.O=C(OCCS(=O)(=O)[O-])c1cc(I)cc(I)c1O.O=S(=O)([O-])F. The van der Waals surface area contributed by atoms with Gasteiger partial charge in [0.2, 0.25) is 6.10 Å². The molecule has 0 saturated carbocycles. The zero-order valence-electron chi connectivity index (χ0n) is 61.5. The molecule has 0 aromatic heterocycles. The Kier molecular flexibility index (Phi) is 44.1. The lowest BCUT2D eigenvalue weighted by Gasteiger charge is -2.22. The van der Waals surface area contributed by atoms with Gasteiger partial charge >= 0.3 is 30.3 Å². The maximum Gasteiger partial charge on any atom is 0.426 e. The van der Waals surface area contributed by atoms with Gasteiger partial charge in [0.25, 0.3) is 10.5 Å². The second kappa shape index (κ2) is 51.0. The highest BCUT2D eigenvalue weighted by atomic mass is 127. The Morgan fingerprint density at radius 3 is 1.04 bits per heavy atom. The number of alkyl halides is 7. The van der Waals surface area contributed by atoms with Crippen LogP contribution in [-0.4, -0.2) is 104 Å². The third kappa shape index (κ3) is 37.5. The van der Waals surface area contributed by atoms with Crippen LogP contribution in [0, 0.1) is 34.4 Å². The van der Waals surface area contributed by atoms with Crippen molar-refractivity contribution in [2.75, 3.05) is 24.8 Å². The number of aromatic hydroxyl groups is 2. The standard InChI is InChI=1S/C19H14F3S.C18H14FS.C18H14IS.C10H7F3I2O6S.C9H8I2O6S.C8H4FI3O2.FHO3S/c20-19(21,22)15-8-7-13-18(14-15)23(16-9-3-1-4-10-16)17-11-5-2-6-12-17;2*19-15-11-13-18(14-12-15)20(16-7-3-1-4-8-16)17-9-5-2-6-10-17;11-10(12,13)7(3-22(18,19)20)21-9(17)5-1-4(14)2-6(15)8(5)16;10-5-3-6(8(12)7(11)4-5)9(13)17-1-2-18(14,15)16;9-3-7(13)14-8-5(11)1-4(10)2-6(8)12;1-5(2,3)4/h1-14H;2*1-14H;1-2,7,16H,3H2,(H,18,19,20);3-4,12H,1-2H2,(H,14,15,16);1-2H,3H2;(H,2,3,4)/q3*+1;;;;/p-3. The molecular formula is C82H59F9I8O17S6. The lowest BCUT2D eigenvalue weighted by Crippen LogP contribution is -2.39. The fraction of sp³-hybridized carbons (Fsp3) is 0.0854. The summed E-state index contributed by atoms with van der Waals surface area (Å²) in [6.45, 7) is -1.63. The van der Waals surface area contributed by atoms with Gasteiger partial charge in [-0.3, -0.25) is 0 Å². The number of phenolic OH excluding ortho intramolecular Hbond substituents is 2. The highest BCUT2D eigenvalue weighted by molar-refractivity contribution is 14.1. The van der Waals surface area contributed by atoms with Crippen LogP contribution in [-0.2, 0) is 83.9 Å². The molecule has 12 aromatic carbocycles. The number of ether oxygens (including phenoxy) is 3. The number of rotatable bonds is 19. The Morgan fingerprint density at radius 2 is 0.713 bits per heavy atom. The molecule has 12 aromatic rings. The fourth-order valence-corrected chi connectivity index (χ4v) is 24.7. The van der Waals surface area contributed by atoms with E-state index in [0.717, 1.165) is 41.1 Å². The third-order valence-corrected chi connectivity index (χ3v) is 28.6. The van der Waals surface area contributed by atoms with E-state index in [4.69, 9.17) is 17.7 Å². The van der Waals surface area contributed by atoms with Crippen molar-refractivity contribution in [3.8, 4) is 17.2 Å². The van der Waals surface area contributed by atoms with Crippen LogP contribution in [0.3, 0.4) is 0 Å². The summed E-state index contributed by atoms with van der Waals surface area (Å²) in [4.78, 5) is 44.4. The molecule has 122 heavy (non-hydrogen) atoms. The number of phenols is 2. The molecule has 0 saturated heterocycles. The Bertz CT molecular complexity index is 5500.